The first kappa shape index (κ1) is 14.1. The Morgan fingerprint density at radius 3 is 2.62 bits per heavy atom. The van der Waals surface area contributed by atoms with Gasteiger partial charge in [0.15, 0.2) is 0 Å². The third-order valence-electron chi connectivity index (χ3n) is 4.05. The van der Waals surface area contributed by atoms with E-state index in [2.05, 4.69) is 26.2 Å². The maximum absolute atomic E-state index is 12.3. The molecule has 110 valence electrons. The molecule has 3 rings (SSSR count). The van der Waals surface area contributed by atoms with E-state index in [4.69, 9.17) is 0 Å². The van der Waals surface area contributed by atoms with Crippen LogP contribution in [0.15, 0.2) is 28.7 Å². The Morgan fingerprint density at radius 1 is 1.24 bits per heavy atom. The van der Waals surface area contributed by atoms with Gasteiger partial charge in [0.25, 0.3) is 5.91 Å². The number of nitrogens with one attached hydrogen (secondary N) is 2. The highest BCUT2D eigenvalue weighted by Gasteiger charge is 2.42. The van der Waals surface area contributed by atoms with E-state index in [-0.39, 0.29) is 5.91 Å². The average molecular weight is 351 g/mol. The lowest BCUT2D eigenvalue weighted by molar-refractivity contribution is -0.144. The predicted octanol–water partition coefficient (Wildman–Crippen LogP) is 3.06. The molecule has 0 aliphatic heterocycles. The predicted molar refractivity (Wildman–Crippen MR) is 82.3 cm³/mol. The van der Waals surface area contributed by atoms with Crippen molar-refractivity contribution >= 4 is 38.7 Å². The number of carboxylic acid groups (broad SMARTS) is 1. The number of hydrogen-bond donors (Lipinski definition) is 3. The molecular formula is C15H15BrN2O3. The van der Waals surface area contributed by atoms with Crippen molar-refractivity contribution in [2.75, 3.05) is 0 Å². The summed E-state index contributed by atoms with van der Waals surface area (Å²) in [7, 11) is 0. The highest BCUT2D eigenvalue weighted by molar-refractivity contribution is 9.10. The van der Waals surface area contributed by atoms with Gasteiger partial charge in [-0.3, -0.25) is 4.79 Å². The summed E-state index contributed by atoms with van der Waals surface area (Å²) >= 11 is 3.39. The van der Waals surface area contributed by atoms with Crippen LogP contribution < -0.4 is 5.32 Å². The molecule has 0 radical (unpaired) electrons. The van der Waals surface area contributed by atoms with Gasteiger partial charge in [0.05, 0.1) is 0 Å². The minimum Gasteiger partial charge on any atom is -0.480 e. The topological polar surface area (TPSA) is 82.2 Å². The first-order valence-corrected chi connectivity index (χ1v) is 7.64. The second-order valence-electron chi connectivity index (χ2n) is 5.46. The zero-order chi connectivity index (χ0) is 15.0. The van der Waals surface area contributed by atoms with Gasteiger partial charge in [-0.15, -0.1) is 0 Å². The number of carbonyl (C=O) groups excluding carboxylic acids is 1. The summed E-state index contributed by atoms with van der Waals surface area (Å²) in [5.41, 5.74) is 0.115. The molecule has 0 unspecified atom stereocenters. The fourth-order valence-corrected chi connectivity index (χ4v) is 3.26. The number of H-pyrrole nitrogens is 1. The lowest BCUT2D eigenvalue weighted by Crippen LogP contribution is -2.52. The zero-order valence-corrected chi connectivity index (χ0v) is 12.9. The average Bonchev–Trinajstić information content (AvgIpc) is 3.05. The maximum Gasteiger partial charge on any atom is 0.329 e. The molecule has 3 N–H and O–H groups in total. The standard InChI is InChI=1S/C15H15BrN2O3/c16-10-3-4-11-9(7-10)8-12(17-11)13(19)18-15(14(20)21)5-1-2-6-15/h3-4,7-8,17H,1-2,5-6H2,(H,18,19)(H,20,21). The number of aliphatic carboxylic acids is 1. The molecule has 0 spiro atoms. The van der Waals surface area contributed by atoms with Crippen LogP contribution in [-0.4, -0.2) is 27.5 Å². The van der Waals surface area contributed by atoms with Crippen LogP contribution in [0.4, 0.5) is 0 Å². The highest BCUT2D eigenvalue weighted by Crippen LogP contribution is 2.30. The van der Waals surface area contributed by atoms with Crippen molar-refractivity contribution in [3.05, 3.63) is 34.4 Å². The van der Waals surface area contributed by atoms with Gasteiger partial charge in [-0.25, -0.2) is 4.79 Å². The first-order valence-electron chi connectivity index (χ1n) is 6.84. The molecule has 21 heavy (non-hydrogen) atoms. The van der Waals surface area contributed by atoms with Crippen LogP contribution in [0, 0.1) is 0 Å². The number of carbonyl (C=O) groups is 2. The summed E-state index contributed by atoms with van der Waals surface area (Å²) in [5, 5.41) is 13.0. The Hall–Kier alpha value is -1.82. The second kappa shape index (κ2) is 5.18. The lowest BCUT2D eigenvalue weighted by atomic mass is 9.97. The number of aromatic amines is 1. The summed E-state index contributed by atoms with van der Waals surface area (Å²) in [6.45, 7) is 0. The van der Waals surface area contributed by atoms with Crippen LogP contribution in [-0.2, 0) is 4.79 Å². The number of fused-ring (bicyclic) bond motifs is 1. The van der Waals surface area contributed by atoms with E-state index in [1.807, 2.05) is 18.2 Å². The van der Waals surface area contributed by atoms with Crippen LogP contribution in [0.3, 0.4) is 0 Å². The Kier molecular flexibility index (Phi) is 3.49. The Morgan fingerprint density at radius 2 is 1.95 bits per heavy atom. The van der Waals surface area contributed by atoms with Crippen molar-refractivity contribution in [3.63, 3.8) is 0 Å². The summed E-state index contributed by atoms with van der Waals surface area (Å²) in [5.74, 6) is -1.32. The third kappa shape index (κ3) is 2.55. The SMILES string of the molecule is O=C(NC1(C(=O)O)CCCC1)c1cc2cc(Br)ccc2[nH]1. The number of carboxylic acids is 1. The fourth-order valence-electron chi connectivity index (χ4n) is 2.88. The van der Waals surface area contributed by atoms with Gasteiger partial charge in [-0.05, 0) is 37.1 Å². The molecule has 0 atom stereocenters. The minimum atomic E-state index is -1.12. The molecule has 0 saturated heterocycles. The number of rotatable bonds is 3. The first-order chi connectivity index (χ1) is 10.00. The minimum absolute atomic E-state index is 0.369. The van der Waals surface area contributed by atoms with Gasteiger partial charge in [-0.1, -0.05) is 28.8 Å². The van der Waals surface area contributed by atoms with E-state index in [9.17, 15) is 14.7 Å². The smallest absolute Gasteiger partial charge is 0.329 e. The van der Waals surface area contributed by atoms with Gasteiger partial charge in [0.1, 0.15) is 11.2 Å². The number of benzene rings is 1. The molecule has 1 aliphatic carbocycles. The van der Waals surface area contributed by atoms with Crippen molar-refractivity contribution in [2.24, 2.45) is 0 Å². The summed E-state index contributed by atoms with van der Waals surface area (Å²) in [6, 6.07) is 7.40. The quantitative estimate of drug-likeness (QED) is 0.795. The van der Waals surface area contributed by atoms with Crippen molar-refractivity contribution < 1.29 is 14.7 Å². The highest BCUT2D eigenvalue weighted by atomic mass is 79.9. The Balaban J connectivity index is 1.88. The molecule has 1 saturated carbocycles. The van der Waals surface area contributed by atoms with Crippen molar-refractivity contribution in [1.29, 1.82) is 0 Å². The van der Waals surface area contributed by atoms with E-state index in [0.29, 0.717) is 18.5 Å². The van der Waals surface area contributed by atoms with Crippen molar-refractivity contribution in [3.8, 4) is 0 Å². The van der Waals surface area contributed by atoms with Crippen LogP contribution in [0.2, 0.25) is 0 Å². The van der Waals surface area contributed by atoms with Crippen LogP contribution >= 0.6 is 15.9 Å². The van der Waals surface area contributed by atoms with Crippen molar-refractivity contribution in [2.45, 2.75) is 31.2 Å². The van der Waals surface area contributed by atoms with E-state index in [1.54, 1.807) is 6.07 Å². The molecule has 1 aliphatic rings. The van der Waals surface area contributed by atoms with Gasteiger partial charge in [-0.2, -0.15) is 0 Å². The lowest BCUT2D eigenvalue weighted by Gasteiger charge is -2.24. The third-order valence-corrected chi connectivity index (χ3v) is 4.54. The van der Waals surface area contributed by atoms with Gasteiger partial charge < -0.3 is 15.4 Å². The zero-order valence-electron chi connectivity index (χ0n) is 11.3. The van der Waals surface area contributed by atoms with E-state index >= 15 is 0 Å². The summed E-state index contributed by atoms with van der Waals surface area (Å²) in [4.78, 5) is 26.9. The number of amides is 1. The monoisotopic (exact) mass is 350 g/mol. The summed E-state index contributed by atoms with van der Waals surface area (Å²) < 4.78 is 0.929. The van der Waals surface area contributed by atoms with Crippen molar-refractivity contribution in [1.82, 2.24) is 10.3 Å². The van der Waals surface area contributed by atoms with Gasteiger partial charge in [0.2, 0.25) is 0 Å². The molecule has 1 aromatic heterocycles. The Bertz CT molecular complexity index is 717. The van der Waals surface area contributed by atoms with E-state index in [0.717, 1.165) is 28.2 Å². The number of aromatic nitrogens is 1. The normalized spacial score (nSPS) is 17.0. The molecule has 1 aromatic carbocycles. The molecule has 0 bridgehead atoms. The summed E-state index contributed by atoms with van der Waals surface area (Å²) in [6.07, 6.45) is 2.62. The number of halogens is 1. The number of hydrogen-bond acceptors (Lipinski definition) is 2. The fraction of sp³-hybridized carbons (Fsp3) is 0.333. The van der Waals surface area contributed by atoms with E-state index < -0.39 is 11.5 Å². The molecule has 6 heteroatoms. The molecule has 2 aromatic rings. The molecule has 5 nitrogen and oxygen atoms in total. The maximum atomic E-state index is 12.3. The van der Waals surface area contributed by atoms with Gasteiger partial charge in [0, 0.05) is 15.4 Å². The molecule has 1 fully saturated rings. The van der Waals surface area contributed by atoms with Gasteiger partial charge >= 0.3 is 5.97 Å². The van der Waals surface area contributed by atoms with Crippen LogP contribution in [0.1, 0.15) is 36.2 Å². The van der Waals surface area contributed by atoms with Crippen LogP contribution in [0.5, 0.6) is 0 Å². The van der Waals surface area contributed by atoms with Crippen LogP contribution in [0.25, 0.3) is 10.9 Å². The second-order valence-corrected chi connectivity index (χ2v) is 6.38. The molecule has 1 heterocycles. The molecule has 1 amide bonds. The largest absolute Gasteiger partial charge is 0.480 e. The molecular weight excluding hydrogens is 336 g/mol. The van der Waals surface area contributed by atoms with E-state index in [1.165, 1.54) is 0 Å². The Labute approximate surface area is 129 Å².